The average Bonchev–Trinajstić information content (AvgIpc) is 2.65. The van der Waals surface area contributed by atoms with Crippen molar-refractivity contribution in [3.8, 4) is 5.75 Å². The van der Waals surface area contributed by atoms with Crippen LogP contribution >= 0.6 is 0 Å². The SMILES string of the molecule is C[C@@H](CNC(=O)/C=C/c1ccccc1)Oc1ccc(C(=O)NO)cc1. The molecule has 1 atom stereocenters. The van der Waals surface area contributed by atoms with Crippen molar-refractivity contribution in [1.29, 1.82) is 0 Å². The normalized spacial score (nSPS) is 11.8. The summed E-state index contributed by atoms with van der Waals surface area (Å²) in [7, 11) is 0. The molecule has 3 N–H and O–H groups in total. The van der Waals surface area contributed by atoms with Gasteiger partial charge in [0.2, 0.25) is 5.91 Å². The molecule has 2 amide bonds. The molecule has 0 bridgehead atoms. The lowest BCUT2D eigenvalue weighted by Gasteiger charge is -2.15. The van der Waals surface area contributed by atoms with Crippen molar-refractivity contribution in [1.82, 2.24) is 10.8 Å². The number of carbonyl (C=O) groups is 2. The lowest BCUT2D eigenvalue weighted by Crippen LogP contribution is -2.32. The Bertz CT molecular complexity index is 727. The van der Waals surface area contributed by atoms with Crippen LogP contribution in [0.25, 0.3) is 6.08 Å². The number of hydroxylamine groups is 1. The van der Waals surface area contributed by atoms with Crippen molar-refractivity contribution >= 4 is 17.9 Å². The van der Waals surface area contributed by atoms with E-state index < -0.39 is 5.91 Å². The van der Waals surface area contributed by atoms with Crippen molar-refractivity contribution < 1.29 is 19.5 Å². The van der Waals surface area contributed by atoms with Gasteiger partial charge in [-0.05, 0) is 42.8 Å². The predicted octanol–water partition coefficient (Wildman–Crippen LogP) is 2.40. The van der Waals surface area contributed by atoms with Gasteiger partial charge < -0.3 is 10.1 Å². The highest BCUT2D eigenvalue weighted by atomic mass is 16.5. The minimum absolute atomic E-state index is 0.200. The van der Waals surface area contributed by atoms with E-state index in [0.29, 0.717) is 17.9 Å². The summed E-state index contributed by atoms with van der Waals surface area (Å²) >= 11 is 0. The molecule has 0 unspecified atom stereocenters. The zero-order valence-electron chi connectivity index (χ0n) is 13.8. The Kier molecular flexibility index (Phi) is 6.74. The highest BCUT2D eigenvalue weighted by molar-refractivity contribution is 5.93. The van der Waals surface area contributed by atoms with E-state index in [-0.39, 0.29) is 12.0 Å². The predicted molar refractivity (Wildman–Crippen MR) is 94.3 cm³/mol. The monoisotopic (exact) mass is 340 g/mol. The number of carbonyl (C=O) groups excluding carboxylic acids is 2. The second kappa shape index (κ2) is 9.24. The maximum atomic E-state index is 11.8. The van der Waals surface area contributed by atoms with Crippen LogP contribution in [0.15, 0.2) is 60.7 Å². The number of amides is 2. The molecule has 2 rings (SSSR count). The number of ether oxygens (including phenoxy) is 1. The van der Waals surface area contributed by atoms with Gasteiger partial charge in [0.05, 0.1) is 6.54 Å². The van der Waals surface area contributed by atoms with Crippen LogP contribution in [0.4, 0.5) is 0 Å². The second-order valence-corrected chi connectivity index (χ2v) is 5.38. The first-order valence-electron chi connectivity index (χ1n) is 7.80. The molecule has 0 aliphatic rings. The van der Waals surface area contributed by atoms with Gasteiger partial charge in [0.1, 0.15) is 11.9 Å². The summed E-state index contributed by atoms with van der Waals surface area (Å²) in [6.45, 7) is 2.17. The third-order valence-corrected chi connectivity index (χ3v) is 3.35. The van der Waals surface area contributed by atoms with Gasteiger partial charge in [-0.15, -0.1) is 0 Å². The smallest absolute Gasteiger partial charge is 0.274 e. The molecule has 0 saturated carbocycles. The number of benzene rings is 2. The number of hydrogen-bond acceptors (Lipinski definition) is 4. The molecule has 2 aromatic rings. The van der Waals surface area contributed by atoms with Crippen LogP contribution in [-0.4, -0.2) is 29.7 Å². The van der Waals surface area contributed by atoms with Gasteiger partial charge in [-0.25, -0.2) is 5.48 Å². The number of nitrogens with one attached hydrogen (secondary N) is 2. The van der Waals surface area contributed by atoms with E-state index in [1.165, 1.54) is 18.2 Å². The first-order chi connectivity index (χ1) is 12.1. The summed E-state index contributed by atoms with van der Waals surface area (Å²) in [6, 6.07) is 15.9. The maximum Gasteiger partial charge on any atom is 0.274 e. The lowest BCUT2D eigenvalue weighted by atomic mass is 10.2. The molecule has 0 aliphatic carbocycles. The van der Waals surface area contributed by atoms with Gasteiger partial charge in [0.25, 0.3) is 5.91 Å². The first-order valence-corrected chi connectivity index (χ1v) is 7.80. The fraction of sp³-hybridized carbons (Fsp3) is 0.158. The number of rotatable bonds is 7. The van der Waals surface area contributed by atoms with E-state index >= 15 is 0 Å². The molecule has 0 aliphatic heterocycles. The summed E-state index contributed by atoms with van der Waals surface area (Å²) in [5.41, 5.74) is 2.84. The van der Waals surface area contributed by atoms with Crippen LogP contribution in [0.1, 0.15) is 22.8 Å². The molecule has 0 radical (unpaired) electrons. The van der Waals surface area contributed by atoms with Gasteiger partial charge in [-0.3, -0.25) is 14.8 Å². The zero-order chi connectivity index (χ0) is 18.1. The standard InChI is InChI=1S/C19H20N2O4/c1-14(25-17-10-8-16(9-11-17)19(23)21-24)13-20-18(22)12-7-15-5-3-2-4-6-15/h2-12,14,24H,13H2,1H3,(H,20,22)(H,21,23)/b12-7+/t14-/m0/s1. The van der Waals surface area contributed by atoms with Crippen LogP contribution in [-0.2, 0) is 4.79 Å². The van der Waals surface area contributed by atoms with Crippen molar-refractivity contribution in [2.75, 3.05) is 6.54 Å². The van der Waals surface area contributed by atoms with Crippen LogP contribution in [0.5, 0.6) is 5.75 Å². The van der Waals surface area contributed by atoms with E-state index in [4.69, 9.17) is 9.94 Å². The van der Waals surface area contributed by atoms with Gasteiger partial charge in [-0.2, -0.15) is 0 Å². The minimum Gasteiger partial charge on any atom is -0.489 e. The molecule has 0 spiro atoms. The Labute approximate surface area is 146 Å². The van der Waals surface area contributed by atoms with Crippen LogP contribution in [0, 0.1) is 0 Å². The highest BCUT2D eigenvalue weighted by Gasteiger charge is 2.07. The molecule has 0 fully saturated rings. The Morgan fingerprint density at radius 3 is 2.44 bits per heavy atom. The van der Waals surface area contributed by atoms with E-state index in [1.54, 1.807) is 23.7 Å². The summed E-state index contributed by atoms with van der Waals surface area (Å²) in [5.74, 6) is -0.220. The van der Waals surface area contributed by atoms with Crippen molar-refractivity contribution in [2.24, 2.45) is 0 Å². The van der Waals surface area contributed by atoms with Gasteiger partial charge in [0, 0.05) is 11.6 Å². The van der Waals surface area contributed by atoms with E-state index in [1.807, 2.05) is 37.3 Å². The Morgan fingerprint density at radius 1 is 1.12 bits per heavy atom. The lowest BCUT2D eigenvalue weighted by molar-refractivity contribution is -0.116. The Morgan fingerprint density at radius 2 is 1.80 bits per heavy atom. The molecular weight excluding hydrogens is 320 g/mol. The molecule has 25 heavy (non-hydrogen) atoms. The van der Waals surface area contributed by atoms with E-state index in [9.17, 15) is 9.59 Å². The molecule has 6 nitrogen and oxygen atoms in total. The minimum atomic E-state index is -0.586. The Hall–Kier alpha value is -3.12. The topological polar surface area (TPSA) is 87.7 Å². The molecule has 130 valence electrons. The number of hydrogen-bond donors (Lipinski definition) is 3. The third-order valence-electron chi connectivity index (χ3n) is 3.35. The van der Waals surface area contributed by atoms with Gasteiger partial charge >= 0.3 is 0 Å². The van der Waals surface area contributed by atoms with Crippen LogP contribution < -0.4 is 15.5 Å². The molecule has 6 heteroatoms. The fourth-order valence-corrected chi connectivity index (χ4v) is 2.06. The summed E-state index contributed by atoms with van der Waals surface area (Å²) in [4.78, 5) is 23.0. The molecule has 2 aromatic carbocycles. The first kappa shape index (κ1) is 18.2. The fourth-order valence-electron chi connectivity index (χ4n) is 2.06. The molecule has 0 aromatic heterocycles. The van der Waals surface area contributed by atoms with E-state index in [2.05, 4.69) is 5.32 Å². The highest BCUT2D eigenvalue weighted by Crippen LogP contribution is 2.13. The van der Waals surface area contributed by atoms with Crippen molar-refractivity contribution in [3.05, 3.63) is 71.8 Å². The summed E-state index contributed by atoms with van der Waals surface area (Å²) in [5, 5.41) is 11.3. The van der Waals surface area contributed by atoms with Crippen LogP contribution in [0.3, 0.4) is 0 Å². The maximum absolute atomic E-state index is 11.8. The van der Waals surface area contributed by atoms with Gasteiger partial charge in [0.15, 0.2) is 0 Å². The average molecular weight is 340 g/mol. The molecular formula is C19H20N2O4. The summed E-state index contributed by atoms with van der Waals surface area (Å²) < 4.78 is 5.66. The zero-order valence-corrected chi connectivity index (χ0v) is 13.8. The second-order valence-electron chi connectivity index (χ2n) is 5.38. The van der Waals surface area contributed by atoms with Crippen molar-refractivity contribution in [2.45, 2.75) is 13.0 Å². The largest absolute Gasteiger partial charge is 0.489 e. The quantitative estimate of drug-likeness (QED) is 0.410. The molecule has 0 heterocycles. The van der Waals surface area contributed by atoms with Crippen LogP contribution in [0.2, 0.25) is 0 Å². The van der Waals surface area contributed by atoms with Gasteiger partial charge in [-0.1, -0.05) is 30.3 Å². The Balaban J connectivity index is 1.78. The summed E-state index contributed by atoms with van der Waals surface area (Å²) in [6.07, 6.45) is 2.97. The molecule has 0 saturated heterocycles. The third kappa shape index (κ3) is 6.12. The van der Waals surface area contributed by atoms with Crippen molar-refractivity contribution in [3.63, 3.8) is 0 Å². The van der Waals surface area contributed by atoms with E-state index in [0.717, 1.165) is 5.56 Å².